The lowest BCUT2D eigenvalue weighted by Crippen LogP contribution is -2.07. The molecule has 4 rings (SSSR count). The van der Waals surface area contributed by atoms with Crippen molar-refractivity contribution in [1.82, 2.24) is 0 Å². The van der Waals surface area contributed by atoms with E-state index in [0.29, 0.717) is 11.1 Å². The van der Waals surface area contributed by atoms with Crippen molar-refractivity contribution in [2.75, 3.05) is 0 Å². The first kappa shape index (κ1) is 24.7. The third-order valence-electron chi connectivity index (χ3n) is 6.91. The first-order valence-corrected chi connectivity index (χ1v) is 13.1. The largest absolute Gasteiger partial charge is 0.506 e. The standard InChI is InChI=1S/C30H30O4S/c1-20(23-10-6-4-7-11-23)25-14-16-26(17-15-25)21(2)27-18-28(22(3)24-12-8-5-9-13-24)30(31)29(19-27)35(32,33)34/h4-22,31H,1-3H3,(H,32,33,34). The summed E-state index contributed by atoms with van der Waals surface area (Å²) in [6.07, 6.45) is 0. The Labute approximate surface area is 207 Å². The molecule has 0 aliphatic heterocycles. The van der Waals surface area contributed by atoms with E-state index in [1.807, 2.05) is 68.4 Å². The van der Waals surface area contributed by atoms with Gasteiger partial charge in [0.2, 0.25) is 0 Å². The zero-order valence-electron chi connectivity index (χ0n) is 20.1. The van der Waals surface area contributed by atoms with Crippen molar-refractivity contribution in [3.8, 4) is 5.75 Å². The summed E-state index contributed by atoms with van der Waals surface area (Å²) in [5, 5.41) is 10.8. The summed E-state index contributed by atoms with van der Waals surface area (Å²) in [7, 11) is -4.61. The van der Waals surface area contributed by atoms with Gasteiger partial charge in [-0.25, -0.2) is 0 Å². The average molecular weight is 487 g/mol. The van der Waals surface area contributed by atoms with Crippen LogP contribution in [0.25, 0.3) is 0 Å². The second kappa shape index (κ2) is 10.1. The first-order chi connectivity index (χ1) is 16.7. The third kappa shape index (κ3) is 5.31. The lowest BCUT2D eigenvalue weighted by molar-refractivity contribution is 0.436. The van der Waals surface area contributed by atoms with E-state index in [9.17, 15) is 18.1 Å². The maximum absolute atomic E-state index is 12.1. The third-order valence-corrected chi connectivity index (χ3v) is 7.77. The van der Waals surface area contributed by atoms with Gasteiger partial charge in [-0.3, -0.25) is 4.55 Å². The average Bonchev–Trinajstić information content (AvgIpc) is 2.88. The summed E-state index contributed by atoms with van der Waals surface area (Å²) >= 11 is 0. The molecular weight excluding hydrogens is 456 g/mol. The van der Waals surface area contributed by atoms with Crippen LogP contribution in [0.2, 0.25) is 0 Å². The van der Waals surface area contributed by atoms with Gasteiger partial charge in [0.15, 0.2) is 0 Å². The van der Waals surface area contributed by atoms with Crippen LogP contribution in [-0.2, 0) is 10.1 Å². The summed E-state index contributed by atoms with van der Waals surface area (Å²) in [5.74, 6) is -0.581. The minimum absolute atomic E-state index is 0.154. The molecular formula is C30H30O4S. The van der Waals surface area contributed by atoms with Crippen molar-refractivity contribution < 1.29 is 18.1 Å². The Bertz CT molecular complexity index is 1400. The number of hydrogen-bond donors (Lipinski definition) is 2. The predicted molar refractivity (Wildman–Crippen MR) is 140 cm³/mol. The molecule has 0 aliphatic rings. The molecule has 0 aliphatic carbocycles. The number of benzene rings is 4. The van der Waals surface area contributed by atoms with Gasteiger partial charge in [-0.05, 0) is 33.9 Å². The highest BCUT2D eigenvalue weighted by Gasteiger charge is 2.25. The van der Waals surface area contributed by atoms with Crippen LogP contribution in [0.1, 0.15) is 71.9 Å². The van der Waals surface area contributed by atoms with Gasteiger partial charge in [0.05, 0.1) is 0 Å². The summed E-state index contributed by atoms with van der Waals surface area (Å²) in [4.78, 5) is -0.464. The second-order valence-corrected chi connectivity index (χ2v) is 10.5. The van der Waals surface area contributed by atoms with E-state index in [0.717, 1.165) is 11.1 Å². The SMILES string of the molecule is CC(c1ccccc1)c1ccc(C(C)c2cc(C(C)c3ccccc3)c(O)c(S(=O)(=O)O)c2)cc1. The Morgan fingerprint density at radius 1 is 0.571 bits per heavy atom. The molecule has 4 nitrogen and oxygen atoms in total. The van der Waals surface area contributed by atoms with Crippen molar-refractivity contribution in [3.05, 3.63) is 130 Å². The number of hydrogen-bond acceptors (Lipinski definition) is 3. The fourth-order valence-electron chi connectivity index (χ4n) is 4.55. The Hall–Kier alpha value is -3.41. The van der Waals surface area contributed by atoms with Crippen molar-refractivity contribution in [1.29, 1.82) is 0 Å². The van der Waals surface area contributed by atoms with Gasteiger partial charge in [0.1, 0.15) is 10.6 Å². The lowest BCUT2D eigenvalue weighted by Gasteiger charge is -2.21. The molecule has 3 atom stereocenters. The van der Waals surface area contributed by atoms with E-state index in [1.54, 1.807) is 0 Å². The highest BCUT2D eigenvalue weighted by Crippen LogP contribution is 2.39. The minimum Gasteiger partial charge on any atom is -0.506 e. The Kier molecular flexibility index (Phi) is 7.10. The van der Waals surface area contributed by atoms with Gasteiger partial charge in [-0.1, -0.05) is 112 Å². The molecule has 0 saturated heterocycles. The molecule has 0 radical (unpaired) electrons. The van der Waals surface area contributed by atoms with Crippen LogP contribution in [0.15, 0.2) is 102 Å². The number of aromatic hydroxyl groups is 1. The molecule has 0 saturated carbocycles. The normalized spacial score (nSPS) is 14.3. The van der Waals surface area contributed by atoms with Crippen LogP contribution in [0, 0.1) is 0 Å². The van der Waals surface area contributed by atoms with Crippen LogP contribution >= 0.6 is 0 Å². The highest BCUT2D eigenvalue weighted by atomic mass is 32.2. The number of phenolic OH excluding ortho intramolecular Hbond substituents is 1. The molecule has 5 heteroatoms. The van der Waals surface area contributed by atoms with Gasteiger partial charge in [-0.15, -0.1) is 0 Å². The van der Waals surface area contributed by atoms with Gasteiger partial charge in [0, 0.05) is 23.3 Å². The van der Waals surface area contributed by atoms with Crippen LogP contribution in [0.4, 0.5) is 0 Å². The van der Waals surface area contributed by atoms with Crippen molar-refractivity contribution in [2.24, 2.45) is 0 Å². The van der Waals surface area contributed by atoms with Gasteiger partial charge in [0.25, 0.3) is 10.1 Å². The highest BCUT2D eigenvalue weighted by molar-refractivity contribution is 7.86. The summed E-state index contributed by atoms with van der Waals surface area (Å²) < 4.78 is 34.1. The molecule has 4 aromatic rings. The molecule has 0 heterocycles. The zero-order chi connectivity index (χ0) is 25.2. The summed E-state index contributed by atoms with van der Waals surface area (Å²) in [6.45, 7) is 6.07. The molecule has 0 bridgehead atoms. The van der Waals surface area contributed by atoms with E-state index in [-0.39, 0.29) is 17.8 Å². The minimum atomic E-state index is -4.61. The molecule has 3 unspecified atom stereocenters. The van der Waals surface area contributed by atoms with E-state index in [4.69, 9.17) is 0 Å². The fourth-order valence-corrected chi connectivity index (χ4v) is 5.20. The van der Waals surface area contributed by atoms with Crippen LogP contribution in [0.3, 0.4) is 0 Å². The van der Waals surface area contributed by atoms with E-state index in [2.05, 4.69) is 43.3 Å². The van der Waals surface area contributed by atoms with E-state index < -0.39 is 20.8 Å². The number of rotatable bonds is 7. The molecule has 35 heavy (non-hydrogen) atoms. The molecule has 2 N–H and O–H groups in total. The van der Waals surface area contributed by atoms with Gasteiger partial charge in [-0.2, -0.15) is 8.42 Å². The quantitative estimate of drug-likeness (QED) is 0.273. The monoisotopic (exact) mass is 486 g/mol. The molecule has 180 valence electrons. The smallest absolute Gasteiger partial charge is 0.298 e. The zero-order valence-corrected chi connectivity index (χ0v) is 20.9. The molecule has 0 fully saturated rings. The Morgan fingerprint density at radius 2 is 0.971 bits per heavy atom. The van der Waals surface area contributed by atoms with Crippen molar-refractivity contribution >= 4 is 10.1 Å². The number of phenols is 1. The molecule has 0 spiro atoms. The summed E-state index contributed by atoms with van der Waals surface area (Å²) in [6, 6.07) is 31.4. The van der Waals surface area contributed by atoms with Gasteiger partial charge >= 0.3 is 0 Å². The van der Waals surface area contributed by atoms with Crippen molar-refractivity contribution in [2.45, 2.75) is 43.4 Å². The fraction of sp³-hybridized carbons (Fsp3) is 0.200. The topological polar surface area (TPSA) is 74.6 Å². The summed E-state index contributed by atoms with van der Waals surface area (Å²) in [5.41, 5.74) is 5.55. The lowest BCUT2D eigenvalue weighted by atomic mass is 9.86. The van der Waals surface area contributed by atoms with Crippen molar-refractivity contribution in [3.63, 3.8) is 0 Å². The Balaban J connectivity index is 1.72. The molecule has 4 aromatic carbocycles. The first-order valence-electron chi connectivity index (χ1n) is 11.7. The predicted octanol–water partition coefficient (Wildman–Crippen LogP) is 7.09. The molecule has 0 amide bonds. The maximum Gasteiger partial charge on any atom is 0.298 e. The second-order valence-electron chi connectivity index (χ2n) is 9.09. The van der Waals surface area contributed by atoms with Gasteiger partial charge < -0.3 is 5.11 Å². The van der Waals surface area contributed by atoms with Crippen LogP contribution < -0.4 is 0 Å². The maximum atomic E-state index is 12.1. The molecule has 0 aromatic heterocycles. The van der Waals surface area contributed by atoms with E-state index in [1.165, 1.54) is 17.2 Å². The van der Waals surface area contributed by atoms with E-state index >= 15 is 0 Å². The van der Waals surface area contributed by atoms with Crippen LogP contribution in [0.5, 0.6) is 5.75 Å². The Morgan fingerprint density at radius 3 is 1.43 bits per heavy atom. The van der Waals surface area contributed by atoms with Crippen LogP contribution in [-0.4, -0.2) is 18.1 Å².